The predicted octanol–water partition coefficient (Wildman–Crippen LogP) is 4.86. The van der Waals surface area contributed by atoms with Gasteiger partial charge in [-0.25, -0.2) is 9.78 Å². The highest BCUT2D eigenvalue weighted by Gasteiger charge is 2.32. The lowest BCUT2D eigenvalue weighted by atomic mass is 10.1. The zero-order valence-corrected chi connectivity index (χ0v) is 18.6. The van der Waals surface area contributed by atoms with Crippen LogP contribution in [0.15, 0.2) is 47.8 Å². The second-order valence-electron chi connectivity index (χ2n) is 7.43. The molecular formula is C24H24N2O4S. The first kappa shape index (κ1) is 21.1. The van der Waals surface area contributed by atoms with E-state index >= 15 is 0 Å². The average Bonchev–Trinajstić information content (AvgIpc) is 3.25. The van der Waals surface area contributed by atoms with Crippen LogP contribution < -0.4 is 9.64 Å². The molecule has 1 aliphatic rings. The van der Waals surface area contributed by atoms with Crippen molar-refractivity contribution in [2.45, 2.75) is 39.3 Å². The number of thiazole rings is 1. The van der Waals surface area contributed by atoms with Crippen molar-refractivity contribution in [3.8, 4) is 17.0 Å². The van der Waals surface area contributed by atoms with Crippen molar-refractivity contribution in [1.82, 2.24) is 4.98 Å². The van der Waals surface area contributed by atoms with Gasteiger partial charge in [0, 0.05) is 10.9 Å². The maximum absolute atomic E-state index is 13.0. The molecule has 3 aromatic rings. The number of aromatic nitrogens is 1. The maximum Gasteiger partial charge on any atom is 0.337 e. The normalized spacial score (nSPS) is 15.4. The van der Waals surface area contributed by atoms with Crippen LogP contribution in [-0.2, 0) is 22.5 Å². The molecule has 0 fully saturated rings. The van der Waals surface area contributed by atoms with Gasteiger partial charge in [-0.05, 0) is 55.7 Å². The molecule has 0 N–H and O–H groups in total. The maximum atomic E-state index is 13.0. The summed E-state index contributed by atoms with van der Waals surface area (Å²) in [6, 6.07) is 12.9. The van der Waals surface area contributed by atoms with Gasteiger partial charge in [0.1, 0.15) is 5.75 Å². The van der Waals surface area contributed by atoms with Gasteiger partial charge in [0.2, 0.25) is 0 Å². The second-order valence-corrected chi connectivity index (χ2v) is 8.37. The molecule has 0 aliphatic carbocycles. The van der Waals surface area contributed by atoms with Crippen LogP contribution >= 0.6 is 11.3 Å². The predicted molar refractivity (Wildman–Crippen MR) is 121 cm³/mol. The Labute approximate surface area is 185 Å². The fraction of sp³-hybridized carbons (Fsp3) is 0.292. The van der Waals surface area contributed by atoms with Crippen LogP contribution in [0.2, 0.25) is 0 Å². The molecular weight excluding hydrogens is 412 g/mol. The summed E-state index contributed by atoms with van der Waals surface area (Å²) in [6.45, 7) is 4.27. The largest absolute Gasteiger partial charge is 0.479 e. The molecule has 1 aromatic heterocycles. The minimum absolute atomic E-state index is 0.105. The number of hydrogen-bond acceptors (Lipinski definition) is 6. The van der Waals surface area contributed by atoms with E-state index in [-0.39, 0.29) is 11.9 Å². The number of ether oxygens (including phenoxy) is 2. The van der Waals surface area contributed by atoms with Gasteiger partial charge in [-0.2, -0.15) is 0 Å². The van der Waals surface area contributed by atoms with E-state index in [0.29, 0.717) is 17.9 Å². The first-order chi connectivity index (χ1) is 15.0. The number of carbonyl (C=O) groups is 2. The summed E-state index contributed by atoms with van der Waals surface area (Å²) >= 11 is 1.66. The highest BCUT2D eigenvalue weighted by atomic mass is 32.1. The van der Waals surface area contributed by atoms with Crippen LogP contribution in [0.3, 0.4) is 0 Å². The van der Waals surface area contributed by atoms with E-state index in [1.54, 1.807) is 35.3 Å². The van der Waals surface area contributed by atoms with Gasteiger partial charge < -0.3 is 14.4 Å². The number of carbonyl (C=O) groups excluding carboxylic acids is 2. The first-order valence-electron chi connectivity index (χ1n) is 10.2. The van der Waals surface area contributed by atoms with Crippen molar-refractivity contribution in [1.29, 1.82) is 0 Å². The molecule has 2 aromatic carbocycles. The highest BCUT2D eigenvalue weighted by Crippen LogP contribution is 2.38. The van der Waals surface area contributed by atoms with Gasteiger partial charge in [0.15, 0.2) is 6.10 Å². The van der Waals surface area contributed by atoms with Crippen molar-refractivity contribution in [3.05, 3.63) is 64.0 Å². The van der Waals surface area contributed by atoms with Gasteiger partial charge in [-0.1, -0.05) is 19.1 Å². The average molecular weight is 437 g/mol. The molecule has 0 spiro atoms. The Morgan fingerprint density at radius 3 is 2.71 bits per heavy atom. The van der Waals surface area contributed by atoms with E-state index < -0.39 is 6.10 Å². The number of esters is 1. The molecule has 0 saturated carbocycles. The molecule has 1 unspecified atom stereocenters. The fourth-order valence-electron chi connectivity index (χ4n) is 3.55. The molecule has 7 heteroatoms. The minimum Gasteiger partial charge on any atom is -0.479 e. The number of benzene rings is 2. The molecule has 1 amide bonds. The number of fused-ring (bicyclic) bond motifs is 1. The second kappa shape index (κ2) is 8.89. The number of rotatable bonds is 6. The van der Waals surface area contributed by atoms with Crippen molar-refractivity contribution in [2.75, 3.05) is 12.0 Å². The third-order valence-corrected chi connectivity index (χ3v) is 6.10. The molecule has 1 atom stereocenters. The Morgan fingerprint density at radius 1 is 1.23 bits per heavy atom. The van der Waals surface area contributed by atoms with Crippen LogP contribution in [0.5, 0.6) is 5.75 Å². The van der Waals surface area contributed by atoms with E-state index in [4.69, 9.17) is 14.5 Å². The number of methoxy groups -OCH3 is 1. The molecule has 31 heavy (non-hydrogen) atoms. The lowest BCUT2D eigenvalue weighted by molar-refractivity contribution is -0.125. The Kier molecular flexibility index (Phi) is 6.04. The van der Waals surface area contributed by atoms with E-state index in [1.807, 2.05) is 30.3 Å². The number of anilines is 1. The van der Waals surface area contributed by atoms with E-state index in [9.17, 15) is 9.59 Å². The summed E-state index contributed by atoms with van der Waals surface area (Å²) in [5, 5.41) is 3.16. The first-order valence-corrected chi connectivity index (χ1v) is 11.1. The molecule has 0 radical (unpaired) electrons. The smallest absolute Gasteiger partial charge is 0.337 e. The SMILES string of the molecule is CCCc1nc(-c2ccc3c(c2)N(Cc2ccc(C(=O)OC)cc2)C(=O)C(C)O3)cs1. The lowest BCUT2D eigenvalue weighted by Crippen LogP contribution is -2.44. The molecule has 1 aliphatic heterocycles. The summed E-state index contributed by atoms with van der Waals surface area (Å²) in [5.74, 6) is 0.181. The number of nitrogens with zero attached hydrogens (tertiary/aromatic N) is 2. The standard InChI is InChI=1S/C24H24N2O4S/c1-4-5-22-25-19(14-31-22)18-10-11-21-20(12-18)26(23(27)15(2)30-21)13-16-6-8-17(9-7-16)24(28)29-3/h6-12,14-15H,4-5,13H2,1-3H3. The zero-order valence-electron chi connectivity index (χ0n) is 17.8. The van der Waals surface area contributed by atoms with Crippen molar-refractivity contribution in [3.63, 3.8) is 0 Å². The summed E-state index contributed by atoms with van der Waals surface area (Å²) < 4.78 is 10.6. The summed E-state index contributed by atoms with van der Waals surface area (Å²) in [6.07, 6.45) is 1.45. The van der Waals surface area contributed by atoms with E-state index in [1.165, 1.54) is 7.11 Å². The van der Waals surface area contributed by atoms with Crippen molar-refractivity contribution < 1.29 is 19.1 Å². The Bertz CT molecular complexity index is 1110. The van der Waals surface area contributed by atoms with E-state index in [2.05, 4.69) is 12.3 Å². The van der Waals surface area contributed by atoms with Crippen LogP contribution in [0.25, 0.3) is 11.3 Å². The monoisotopic (exact) mass is 436 g/mol. The molecule has 160 valence electrons. The fourth-order valence-corrected chi connectivity index (χ4v) is 4.46. The van der Waals surface area contributed by atoms with Gasteiger partial charge in [-0.3, -0.25) is 4.79 Å². The summed E-state index contributed by atoms with van der Waals surface area (Å²) in [7, 11) is 1.35. The van der Waals surface area contributed by atoms with Gasteiger partial charge in [0.25, 0.3) is 5.91 Å². The Hall–Kier alpha value is -3.19. The summed E-state index contributed by atoms with van der Waals surface area (Å²) in [5.41, 5.74) is 3.97. The number of hydrogen-bond donors (Lipinski definition) is 0. The molecule has 0 saturated heterocycles. The molecule has 6 nitrogen and oxygen atoms in total. The van der Waals surface area contributed by atoms with Crippen LogP contribution in [0, 0.1) is 0 Å². The van der Waals surface area contributed by atoms with Crippen LogP contribution in [0.1, 0.15) is 41.2 Å². The van der Waals surface area contributed by atoms with Crippen LogP contribution in [-0.4, -0.2) is 30.1 Å². The topological polar surface area (TPSA) is 68.7 Å². The van der Waals surface area contributed by atoms with E-state index in [0.717, 1.165) is 40.4 Å². The third-order valence-electron chi connectivity index (χ3n) is 5.19. The zero-order chi connectivity index (χ0) is 22.0. The van der Waals surface area contributed by atoms with Gasteiger partial charge in [0.05, 0.1) is 35.6 Å². The summed E-state index contributed by atoms with van der Waals surface area (Å²) in [4.78, 5) is 31.1. The van der Waals surface area contributed by atoms with Crippen molar-refractivity contribution >= 4 is 28.9 Å². The molecule has 2 heterocycles. The Balaban J connectivity index is 1.65. The van der Waals surface area contributed by atoms with Gasteiger partial charge >= 0.3 is 5.97 Å². The van der Waals surface area contributed by atoms with Crippen molar-refractivity contribution in [2.24, 2.45) is 0 Å². The van der Waals surface area contributed by atoms with Crippen LogP contribution in [0.4, 0.5) is 5.69 Å². The third kappa shape index (κ3) is 4.32. The van der Waals surface area contributed by atoms with Gasteiger partial charge in [-0.15, -0.1) is 11.3 Å². The number of amides is 1. The number of aryl methyl sites for hydroxylation is 1. The quantitative estimate of drug-likeness (QED) is 0.516. The molecule has 4 rings (SSSR count). The lowest BCUT2D eigenvalue weighted by Gasteiger charge is -2.33. The molecule has 0 bridgehead atoms. The Morgan fingerprint density at radius 2 is 2.00 bits per heavy atom. The highest BCUT2D eigenvalue weighted by molar-refractivity contribution is 7.09. The minimum atomic E-state index is -0.567.